The molecule has 0 rings (SSSR count). The molecule has 0 aliphatic carbocycles. The van der Waals surface area contributed by atoms with Crippen molar-refractivity contribution in [3.8, 4) is 0 Å². The van der Waals surface area contributed by atoms with Crippen LogP contribution in [-0.4, -0.2) is 25.6 Å². The normalized spacial score (nSPS) is 18.2. The maximum atomic E-state index is 10.5. The Labute approximate surface area is 164 Å². The third-order valence-corrected chi connectivity index (χ3v) is 10.6. The van der Waals surface area contributed by atoms with Gasteiger partial charge in [0.15, 0.2) is 8.32 Å². The average Bonchev–Trinajstić information content (AvgIpc) is 2.49. The van der Waals surface area contributed by atoms with Crippen LogP contribution in [0.3, 0.4) is 0 Å². The Kier molecular flexibility index (Phi) is 10.3. The SMILES string of the molecule is C=CC[C@H](O[Si](C)(C)C(C)(C)C)C(C)=C[C@H](CC)[C@@H](O)C(C)=CI. The van der Waals surface area contributed by atoms with Crippen LogP contribution < -0.4 is 0 Å². The van der Waals surface area contributed by atoms with Crippen LogP contribution in [0, 0.1) is 5.92 Å². The van der Waals surface area contributed by atoms with Gasteiger partial charge in [0, 0.05) is 5.92 Å². The van der Waals surface area contributed by atoms with Crippen molar-refractivity contribution in [1.82, 2.24) is 0 Å². The number of hydrogen-bond acceptors (Lipinski definition) is 2. The molecule has 0 aromatic heterocycles. The van der Waals surface area contributed by atoms with E-state index in [1.165, 1.54) is 5.57 Å². The molecule has 2 nitrogen and oxygen atoms in total. The molecule has 0 heterocycles. The van der Waals surface area contributed by atoms with Gasteiger partial charge in [-0.3, -0.25) is 0 Å². The zero-order valence-corrected chi connectivity index (χ0v) is 20.0. The van der Waals surface area contributed by atoms with Crippen molar-refractivity contribution in [2.45, 2.75) is 84.7 Å². The molecule has 0 aromatic rings. The first-order chi connectivity index (χ1) is 10.9. The van der Waals surface area contributed by atoms with Gasteiger partial charge in [-0.25, -0.2) is 0 Å². The van der Waals surface area contributed by atoms with E-state index in [0.29, 0.717) is 0 Å². The summed E-state index contributed by atoms with van der Waals surface area (Å²) in [4.78, 5) is 0. The molecular formula is C20H37IO2Si. The molecule has 0 aromatic carbocycles. The number of halogens is 1. The second-order valence-electron chi connectivity index (χ2n) is 8.17. The van der Waals surface area contributed by atoms with Gasteiger partial charge in [0.1, 0.15) is 0 Å². The molecule has 0 bridgehead atoms. The summed E-state index contributed by atoms with van der Waals surface area (Å²) in [5, 5.41) is 10.7. The maximum Gasteiger partial charge on any atom is 0.192 e. The standard InChI is InChI=1S/C20H37IO2Si/c1-10-12-18(23-24(8,9)20(5,6)7)15(3)13-17(11-2)19(22)16(4)14-21/h10,13-14,17-19,22H,1,11-12H2,2-9H3/t17-,18-,19-/m0/s1. The predicted octanol–water partition coefficient (Wildman–Crippen LogP) is 6.63. The smallest absolute Gasteiger partial charge is 0.192 e. The highest BCUT2D eigenvalue weighted by Crippen LogP contribution is 2.38. The van der Waals surface area contributed by atoms with Crippen molar-refractivity contribution in [2.75, 3.05) is 0 Å². The fraction of sp³-hybridized carbons (Fsp3) is 0.700. The van der Waals surface area contributed by atoms with E-state index in [1.807, 2.05) is 17.1 Å². The molecular weight excluding hydrogens is 427 g/mol. The fourth-order valence-electron chi connectivity index (χ4n) is 2.29. The van der Waals surface area contributed by atoms with Crippen molar-refractivity contribution in [3.63, 3.8) is 0 Å². The zero-order valence-electron chi connectivity index (χ0n) is 16.8. The van der Waals surface area contributed by atoms with Crippen LogP contribution in [0.5, 0.6) is 0 Å². The van der Waals surface area contributed by atoms with Gasteiger partial charge in [0.25, 0.3) is 0 Å². The van der Waals surface area contributed by atoms with E-state index in [9.17, 15) is 5.11 Å². The van der Waals surface area contributed by atoms with E-state index in [4.69, 9.17) is 4.43 Å². The molecule has 0 radical (unpaired) electrons. The number of aliphatic hydroxyl groups excluding tert-OH is 1. The minimum absolute atomic E-state index is 0.0496. The molecule has 24 heavy (non-hydrogen) atoms. The van der Waals surface area contributed by atoms with Gasteiger partial charge in [-0.05, 0) is 60.1 Å². The van der Waals surface area contributed by atoms with Crippen LogP contribution in [0.15, 0.2) is 34.0 Å². The molecule has 0 fully saturated rings. The quantitative estimate of drug-likeness (QED) is 0.236. The molecule has 0 aliphatic heterocycles. The molecule has 4 heteroatoms. The summed E-state index contributed by atoms with van der Waals surface area (Å²) in [6.45, 7) is 21.5. The summed E-state index contributed by atoms with van der Waals surface area (Å²) in [6, 6.07) is 0. The highest BCUT2D eigenvalue weighted by Gasteiger charge is 2.39. The lowest BCUT2D eigenvalue weighted by Crippen LogP contribution is -2.44. The Morgan fingerprint density at radius 3 is 2.17 bits per heavy atom. The monoisotopic (exact) mass is 464 g/mol. The first kappa shape index (κ1) is 24.1. The molecule has 0 spiro atoms. The van der Waals surface area contributed by atoms with Gasteiger partial charge < -0.3 is 9.53 Å². The van der Waals surface area contributed by atoms with Crippen LogP contribution in [0.2, 0.25) is 18.1 Å². The summed E-state index contributed by atoms with van der Waals surface area (Å²) in [5.74, 6) is 0.117. The maximum absolute atomic E-state index is 10.5. The second-order valence-corrected chi connectivity index (χ2v) is 13.6. The minimum Gasteiger partial charge on any atom is -0.410 e. The first-order valence-electron chi connectivity index (χ1n) is 8.83. The average molecular weight is 465 g/mol. The molecule has 0 amide bonds. The van der Waals surface area contributed by atoms with Crippen molar-refractivity contribution < 1.29 is 9.53 Å². The van der Waals surface area contributed by atoms with Crippen molar-refractivity contribution in [1.29, 1.82) is 0 Å². The van der Waals surface area contributed by atoms with E-state index in [-0.39, 0.29) is 17.1 Å². The van der Waals surface area contributed by atoms with Crippen molar-refractivity contribution in [2.24, 2.45) is 5.92 Å². The third-order valence-electron chi connectivity index (χ3n) is 5.12. The molecule has 0 aliphatic rings. The Hall–Kier alpha value is 0.0869. The molecule has 0 saturated carbocycles. The Bertz CT molecular complexity index is 461. The van der Waals surface area contributed by atoms with Gasteiger partial charge in [0.2, 0.25) is 0 Å². The van der Waals surface area contributed by atoms with Gasteiger partial charge in [-0.1, -0.05) is 62.4 Å². The van der Waals surface area contributed by atoms with Crippen LogP contribution in [0.4, 0.5) is 0 Å². The van der Waals surface area contributed by atoms with Crippen LogP contribution in [0.1, 0.15) is 54.4 Å². The van der Waals surface area contributed by atoms with Crippen LogP contribution in [0.25, 0.3) is 0 Å². The summed E-state index contributed by atoms with van der Waals surface area (Å²) >= 11 is 2.19. The highest BCUT2D eigenvalue weighted by molar-refractivity contribution is 14.1. The lowest BCUT2D eigenvalue weighted by atomic mass is 9.91. The zero-order chi connectivity index (χ0) is 19.1. The molecule has 1 N–H and O–H groups in total. The lowest BCUT2D eigenvalue weighted by molar-refractivity contribution is 0.160. The van der Waals surface area contributed by atoms with Gasteiger partial charge in [-0.2, -0.15) is 0 Å². The van der Waals surface area contributed by atoms with Crippen molar-refractivity contribution >= 4 is 30.9 Å². The Morgan fingerprint density at radius 2 is 1.79 bits per heavy atom. The molecule has 0 saturated heterocycles. The van der Waals surface area contributed by atoms with Gasteiger partial charge >= 0.3 is 0 Å². The fourth-order valence-corrected chi connectivity index (χ4v) is 4.01. The predicted molar refractivity (Wildman–Crippen MR) is 118 cm³/mol. The van der Waals surface area contributed by atoms with Gasteiger partial charge in [-0.15, -0.1) is 6.58 Å². The van der Waals surface area contributed by atoms with Gasteiger partial charge in [0.05, 0.1) is 12.2 Å². The highest BCUT2D eigenvalue weighted by atomic mass is 127. The van der Waals surface area contributed by atoms with E-state index in [1.54, 1.807) is 0 Å². The van der Waals surface area contributed by atoms with E-state index in [2.05, 4.69) is 83.0 Å². The largest absolute Gasteiger partial charge is 0.410 e. The van der Waals surface area contributed by atoms with E-state index in [0.717, 1.165) is 18.4 Å². The summed E-state index contributed by atoms with van der Waals surface area (Å²) in [5.41, 5.74) is 2.21. The summed E-state index contributed by atoms with van der Waals surface area (Å²) < 4.78 is 8.58. The van der Waals surface area contributed by atoms with Crippen LogP contribution >= 0.6 is 22.6 Å². The minimum atomic E-state index is -1.85. The van der Waals surface area contributed by atoms with E-state index < -0.39 is 14.4 Å². The summed E-state index contributed by atoms with van der Waals surface area (Å²) in [7, 11) is -1.85. The second kappa shape index (κ2) is 10.3. The van der Waals surface area contributed by atoms with Crippen molar-refractivity contribution in [3.05, 3.63) is 34.0 Å². The lowest BCUT2D eigenvalue weighted by Gasteiger charge is -2.39. The Balaban J connectivity index is 5.47. The topological polar surface area (TPSA) is 29.5 Å². The Morgan fingerprint density at radius 1 is 1.25 bits per heavy atom. The van der Waals surface area contributed by atoms with E-state index >= 15 is 0 Å². The van der Waals surface area contributed by atoms with Crippen LogP contribution in [-0.2, 0) is 4.43 Å². The summed E-state index contributed by atoms with van der Waals surface area (Å²) in [6.07, 6.45) is 5.47. The number of rotatable bonds is 9. The third kappa shape index (κ3) is 7.14. The first-order valence-corrected chi connectivity index (χ1v) is 13.0. The molecule has 3 atom stereocenters. The number of aliphatic hydroxyl groups is 1. The molecule has 0 unspecified atom stereocenters. The molecule has 140 valence electrons. The number of hydrogen-bond donors (Lipinski definition) is 1.